The minimum Gasteiger partial charge on any atom is -0.350 e. The van der Waals surface area contributed by atoms with E-state index in [-0.39, 0.29) is 24.1 Å². The lowest BCUT2D eigenvalue weighted by atomic mass is 10.1. The van der Waals surface area contributed by atoms with E-state index in [1.165, 1.54) is 16.2 Å². The molecule has 0 atom stereocenters. The molecule has 29 heavy (non-hydrogen) atoms. The van der Waals surface area contributed by atoms with Gasteiger partial charge in [0.05, 0.1) is 12.1 Å². The predicted octanol–water partition coefficient (Wildman–Crippen LogP) is 5.76. The van der Waals surface area contributed by atoms with Crippen LogP contribution in [0.4, 0.5) is 5.69 Å². The Morgan fingerprint density at radius 3 is 2.48 bits per heavy atom. The van der Waals surface area contributed by atoms with E-state index in [0.29, 0.717) is 21.2 Å². The summed E-state index contributed by atoms with van der Waals surface area (Å²) in [6.07, 6.45) is 0. The zero-order valence-electron chi connectivity index (χ0n) is 15.4. The number of hydrogen-bond donors (Lipinski definition) is 1. The maximum absolute atomic E-state index is 13.2. The number of halogens is 2. The number of benzene rings is 2. The Labute approximate surface area is 182 Å². The first-order chi connectivity index (χ1) is 14.0. The predicted molar refractivity (Wildman–Crippen MR) is 118 cm³/mol. The summed E-state index contributed by atoms with van der Waals surface area (Å²) in [7, 11) is 0. The van der Waals surface area contributed by atoms with Crippen molar-refractivity contribution in [1.29, 1.82) is 0 Å². The second-order valence-corrected chi connectivity index (χ2v) is 8.39. The van der Waals surface area contributed by atoms with E-state index in [4.69, 9.17) is 23.2 Å². The summed E-state index contributed by atoms with van der Waals surface area (Å²) in [5, 5.41) is 6.17. The molecule has 146 valence electrons. The van der Waals surface area contributed by atoms with Crippen molar-refractivity contribution in [1.82, 2.24) is 4.90 Å². The molecule has 1 aliphatic heterocycles. The second kappa shape index (κ2) is 8.03. The van der Waals surface area contributed by atoms with E-state index in [1.807, 2.05) is 42.6 Å². The number of aryl methyl sites for hydroxylation is 1. The second-order valence-electron chi connectivity index (χ2n) is 6.60. The lowest BCUT2D eigenvalue weighted by Gasteiger charge is -2.16. The third-order valence-corrected chi connectivity index (χ3v) is 6.16. The smallest absolute Gasteiger partial charge is 0.278 e. The van der Waals surface area contributed by atoms with Gasteiger partial charge in [-0.1, -0.05) is 47.5 Å². The monoisotopic (exact) mass is 442 g/mol. The van der Waals surface area contributed by atoms with Crippen molar-refractivity contribution in [2.45, 2.75) is 13.5 Å². The fourth-order valence-corrected chi connectivity index (χ4v) is 4.37. The summed E-state index contributed by atoms with van der Waals surface area (Å²) in [6, 6.07) is 16.2. The SMILES string of the molecule is Cc1cc(Cl)ccc1NC1=C(c2cccs2)C(=O)N(Cc2ccccc2Cl)C1=O. The summed E-state index contributed by atoms with van der Waals surface area (Å²) in [5.74, 6) is -0.723. The average Bonchev–Trinajstić information content (AvgIpc) is 3.28. The number of nitrogens with one attached hydrogen (secondary N) is 1. The van der Waals surface area contributed by atoms with Crippen molar-refractivity contribution >= 4 is 57.6 Å². The first kappa shape index (κ1) is 19.7. The molecule has 0 bridgehead atoms. The maximum atomic E-state index is 13.2. The minimum absolute atomic E-state index is 0.108. The highest BCUT2D eigenvalue weighted by atomic mass is 35.5. The van der Waals surface area contributed by atoms with Crippen molar-refractivity contribution < 1.29 is 9.59 Å². The van der Waals surface area contributed by atoms with Crippen LogP contribution in [0.15, 0.2) is 65.7 Å². The minimum atomic E-state index is -0.382. The molecule has 4 nitrogen and oxygen atoms in total. The van der Waals surface area contributed by atoms with E-state index in [9.17, 15) is 9.59 Å². The summed E-state index contributed by atoms with van der Waals surface area (Å²) in [6.45, 7) is 2.00. The molecule has 0 saturated carbocycles. The van der Waals surface area contributed by atoms with Gasteiger partial charge in [0.25, 0.3) is 11.8 Å². The molecular weight excluding hydrogens is 427 g/mol. The van der Waals surface area contributed by atoms with Gasteiger partial charge in [0.2, 0.25) is 0 Å². The summed E-state index contributed by atoms with van der Waals surface area (Å²) >= 11 is 13.7. The highest BCUT2D eigenvalue weighted by molar-refractivity contribution is 7.11. The van der Waals surface area contributed by atoms with Crippen LogP contribution in [0.3, 0.4) is 0 Å². The molecular formula is C22H16Cl2N2O2S. The lowest BCUT2D eigenvalue weighted by Crippen LogP contribution is -2.32. The third kappa shape index (κ3) is 3.81. The number of carbonyl (C=O) groups excluding carboxylic acids is 2. The Balaban J connectivity index is 1.74. The molecule has 2 heterocycles. The molecule has 0 fully saturated rings. The molecule has 0 unspecified atom stereocenters. The molecule has 1 aliphatic rings. The molecule has 4 rings (SSSR count). The molecule has 0 radical (unpaired) electrons. The van der Waals surface area contributed by atoms with Gasteiger partial charge in [-0.3, -0.25) is 14.5 Å². The van der Waals surface area contributed by atoms with Gasteiger partial charge in [-0.15, -0.1) is 11.3 Å². The first-order valence-corrected chi connectivity index (χ1v) is 10.5. The highest BCUT2D eigenvalue weighted by Gasteiger charge is 2.40. The molecule has 0 saturated heterocycles. The zero-order valence-corrected chi connectivity index (χ0v) is 17.7. The first-order valence-electron chi connectivity index (χ1n) is 8.86. The quantitative estimate of drug-likeness (QED) is 0.511. The summed E-state index contributed by atoms with van der Waals surface area (Å²) in [4.78, 5) is 28.4. The Hall–Kier alpha value is -2.60. The van der Waals surface area contributed by atoms with Crippen LogP contribution in [0.25, 0.3) is 5.57 Å². The van der Waals surface area contributed by atoms with Crippen molar-refractivity contribution in [2.24, 2.45) is 0 Å². The van der Waals surface area contributed by atoms with Crippen molar-refractivity contribution in [2.75, 3.05) is 5.32 Å². The highest BCUT2D eigenvalue weighted by Crippen LogP contribution is 2.35. The number of thiophene rings is 1. The Morgan fingerprint density at radius 2 is 1.79 bits per heavy atom. The number of anilines is 1. The zero-order chi connectivity index (χ0) is 20.5. The van der Waals surface area contributed by atoms with E-state index >= 15 is 0 Å². The van der Waals surface area contributed by atoms with Gasteiger partial charge in [0.15, 0.2) is 0 Å². The largest absolute Gasteiger partial charge is 0.350 e. The van der Waals surface area contributed by atoms with Crippen molar-refractivity contribution in [3.8, 4) is 0 Å². The average molecular weight is 443 g/mol. The fraction of sp³-hybridized carbons (Fsp3) is 0.0909. The topological polar surface area (TPSA) is 49.4 Å². The standard InChI is InChI=1S/C22H16Cl2N2O2S/c1-13-11-15(23)8-9-17(13)25-20-19(18-7-4-10-29-18)21(27)26(22(20)28)12-14-5-2-3-6-16(14)24/h2-11,25H,12H2,1H3. The third-order valence-electron chi connectivity index (χ3n) is 4.67. The summed E-state index contributed by atoms with van der Waals surface area (Å²) < 4.78 is 0. The molecule has 2 amide bonds. The van der Waals surface area contributed by atoms with Crippen LogP contribution in [0.1, 0.15) is 16.0 Å². The Bertz CT molecular complexity index is 1140. The molecule has 0 spiro atoms. The van der Waals surface area contributed by atoms with Gasteiger partial charge in [0.1, 0.15) is 5.70 Å². The molecule has 7 heteroatoms. The number of nitrogens with zero attached hydrogens (tertiary/aromatic N) is 1. The molecule has 1 aromatic heterocycles. The van der Waals surface area contributed by atoms with E-state index in [2.05, 4.69) is 5.32 Å². The van der Waals surface area contributed by atoms with Crippen molar-refractivity contribution in [3.63, 3.8) is 0 Å². The van der Waals surface area contributed by atoms with E-state index < -0.39 is 0 Å². The number of carbonyl (C=O) groups is 2. The van der Waals surface area contributed by atoms with Crippen LogP contribution in [-0.2, 0) is 16.1 Å². The van der Waals surface area contributed by atoms with Crippen LogP contribution in [0, 0.1) is 6.92 Å². The summed E-state index contributed by atoms with van der Waals surface area (Å²) in [5.41, 5.74) is 2.94. The number of amides is 2. The Kier molecular flexibility index (Phi) is 5.46. The van der Waals surface area contributed by atoms with Gasteiger partial charge >= 0.3 is 0 Å². The number of rotatable bonds is 5. The van der Waals surface area contributed by atoms with Crippen LogP contribution in [0.2, 0.25) is 10.0 Å². The van der Waals surface area contributed by atoms with Crippen LogP contribution in [0.5, 0.6) is 0 Å². The van der Waals surface area contributed by atoms with Crippen LogP contribution in [-0.4, -0.2) is 16.7 Å². The fourth-order valence-electron chi connectivity index (χ4n) is 3.18. The molecule has 3 aromatic rings. The molecule has 2 aromatic carbocycles. The van der Waals surface area contributed by atoms with Gasteiger partial charge in [0, 0.05) is 20.6 Å². The number of hydrogen-bond acceptors (Lipinski definition) is 4. The Morgan fingerprint density at radius 1 is 1.00 bits per heavy atom. The van der Waals surface area contributed by atoms with E-state index in [1.54, 1.807) is 24.3 Å². The molecule has 1 N–H and O–H groups in total. The van der Waals surface area contributed by atoms with Gasteiger partial charge in [-0.2, -0.15) is 0 Å². The van der Waals surface area contributed by atoms with Crippen molar-refractivity contribution in [3.05, 3.63) is 91.7 Å². The number of imide groups is 1. The van der Waals surface area contributed by atoms with Crippen LogP contribution < -0.4 is 5.32 Å². The maximum Gasteiger partial charge on any atom is 0.278 e. The molecule has 0 aliphatic carbocycles. The lowest BCUT2D eigenvalue weighted by molar-refractivity contribution is -0.137. The van der Waals surface area contributed by atoms with Gasteiger partial charge in [-0.25, -0.2) is 0 Å². The van der Waals surface area contributed by atoms with E-state index in [0.717, 1.165) is 16.1 Å². The van der Waals surface area contributed by atoms with Gasteiger partial charge < -0.3 is 5.32 Å². The van der Waals surface area contributed by atoms with Crippen LogP contribution >= 0.6 is 34.5 Å². The van der Waals surface area contributed by atoms with Gasteiger partial charge in [-0.05, 0) is 53.8 Å². The normalized spacial score (nSPS) is 14.1.